The van der Waals surface area contributed by atoms with Crippen molar-refractivity contribution in [3.05, 3.63) is 17.0 Å². The molecular weight excluding hydrogens is 292 g/mol. The van der Waals surface area contributed by atoms with E-state index in [1.54, 1.807) is 13.1 Å². The van der Waals surface area contributed by atoms with Gasteiger partial charge in [-0.2, -0.15) is 4.31 Å². The van der Waals surface area contributed by atoms with Gasteiger partial charge in [0.15, 0.2) is 0 Å². The van der Waals surface area contributed by atoms with Crippen molar-refractivity contribution < 1.29 is 8.42 Å². The molecule has 0 unspecified atom stereocenters. The van der Waals surface area contributed by atoms with Gasteiger partial charge in [0.1, 0.15) is 4.21 Å². The Bertz CT molecular complexity index is 533. The fraction of sp³-hybridized carbons (Fsp3) is 0.714. The number of hydrogen-bond acceptors (Lipinski definition) is 4. The van der Waals surface area contributed by atoms with Crippen molar-refractivity contribution >= 4 is 21.4 Å². The molecule has 6 heteroatoms. The molecule has 0 amide bonds. The van der Waals surface area contributed by atoms with E-state index in [4.69, 9.17) is 0 Å². The van der Waals surface area contributed by atoms with E-state index in [1.807, 2.05) is 19.9 Å². The van der Waals surface area contributed by atoms with Gasteiger partial charge in [0.2, 0.25) is 0 Å². The first-order chi connectivity index (χ1) is 9.39. The standard InChI is InChI=1S/C14H24N2O2S2/c1-11(2)10-16(3)20(17,18)14-7-6-13(19-14)8-9-15-12-4-5-12/h6-7,11-12,15H,4-5,8-10H2,1-3H3. The minimum absolute atomic E-state index is 0.331. The number of rotatable bonds is 8. The van der Waals surface area contributed by atoms with E-state index in [0.29, 0.717) is 22.7 Å². The van der Waals surface area contributed by atoms with Crippen molar-refractivity contribution in [1.82, 2.24) is 9.62 Å². The van der Waals surface area contributed by atoms with E-state index < -0.39 is 10.0 Å². The van der Waals surface area contributed by atoms with Gasteiger partial charge in [0.25, 0.3) is 10.0 Å². The number of sulfonamides is 1. The Morgan fingerprint density at radius 1 is 1.40 bits per heavy atom. The fourth-order valence-corrected chi connectivity index (χ4v) is 4.98. The second-order valence-electron chi connectivity index (χ2n) is 5.88. The van der Waals surface area contributed by atoms with Crippen LogP contribution in [0, 0.1) is 5.92 Å². The summed E-state index contributed by atoms with van der Waals surface area (Å²) in [5, 5.41) is 3.45. The lowest BCUT2D eigenvalue weighted by Crippen LogP contribution is -2.29. The minimum atomic E-state index is -3.31. The third kappa shape index (κ3) is 4.28. The lowest BCUT2D eigenvalue weighted by atomic mass is 10.2. The van der Waals surface area contributed by atoms with Crippen molar-refractivity contribution in [2.24, 2.45) is 5.92 Å². The SMILES string of the molecule is CC(C)CN(C)S(=O)(=O)c1ccc(CCNC2CC2)s1. The highest BCUT2D eigenvalue weighted by Crippen LogP contribution is 2.25. The molecular formula is C14H24N2O2S2. The predicted molar refractivity (Wildman–Crippen MR) is 83.7 cm³/mol. The quantitative estimate of drug-likeness (QED) is 0.801. The maximum absolute atomic E-state index is 12.4. The summed E-state index contributed by atoms with van der Waals surface area (Å²) < 4.78 is 26.7. The zero-order chi connectivity index (χ0) is 14.8. The van der Waals surface area contributed by atoms with Crippen molar-refractivity contribution in [2.45, 2.75) is 43.4 Å². The average molecular weight is 316 g/mol. The van der Waals surface area contributed by atoms with Gasteiger partial charge in [-0.25, -0.2) is 8.42 Å². The Balaban J connectivity index is 1.95. The molecule has 1 aliphatic carbocycles. The van der Waals surface area contributed by atoms with E-state index in [-0.39, 0.29) is 0 Å². The molecule has 4 nitrogen and oxygen atoms in total. The van der Waals surface area contributed by atoms with E-state index in [9.17, 15) is 8.42 Å². The molecule has 0 saturated heterocycles. The van der Waals surface area contributed by atoms with E-state index in [2.05, 4.69) is 5.32 Å². The molecule has 0 bridgehead atoms. The van der Waals surface area contributed by atoms with Crippen molar-refractivity contribution in [3.8, 4) is 0 Å². The molecule has 0 spiro atoms. The molecule has 1 heterocycles. The third-order valence-electron chi connectivity index (χ3n) is 3.31. The second-order valence-corrected chi connectivity index (χ2v) is 9.32. The third-order valence-corrected chi connectivity index (χ3v) is 6.74. The molecule has 1 aromatic rings. The van der Waals surface area contributed by atoms with Gasteiger partial charge in [-0.1, -0.05) is 13.8 Å². The highest BCUT2D eigenvalue weighted by Gasteiger charge is 2.23. The minimum Gasteiger partial charge on any atom is -0.314 e. The van der Waals surface area contributed by atoms with Crippen molar-refractivity contribution in [3.63, 3.8) is 0 Å². The summed E-state index contributed by atoms with van der Waals surface area (Å²) in [5.74, 6) is 0.331. The average Bonchev–Trinajstić information content (AvgIpc) is 3.04. The normalized spacial score (nSPS) is 16.2. The molecule has 0 aromatic carbocycles. The first kappa shape index (κ1) is 15.9. The van der Waals surface area contributed by atoms with Crippen LogP contribution < -0.4 is 5.32 Å². The van der Waals surface area contributed by atoms with E-state index in [1.165, 1.54) is 28.5 Å². The first-order valence-electron chi connectivity index (χ1n) is 7.18. The van der Waals surface area contributed by atoms with Crippen LogP contribution in [0.2, 0.25) is 0 Å². The van der Waals surface area contributed by atoms with Crippen molar-refractivity contribution in [1.29, 1.82) is 0 Å². The molecule has 0 radical (unpaired) electrons. The van der Waals surface area contributed by atoms with Crippen LogP contribution in [0.1, 0.15) is 31.6 Å². The molecule has 114 valence electrons. The van der Waals surface area contributed by atoms with Gasteiger partial charge >= 0.3 is 0 Å². The maximum atomic E-state index is 12.4. The highest BCUT2D eigenvalue weighted by molar-refractivity contribution is 7.91. The molecule has 1 saturated carbocycles. The zero-order valence-corrected chi connectivity index (χ0v) is 14.1. The molecule has 20 heavy (non-hydrogen) atoms. The molecule has 1 N–H and O–H groups in total. The Morgan fingerprint density at radius 2 is 2.10 bits per heavy atom. The lowest BCUT2D eigenvalue weighted by molar-refractivity contribution is 0.418. The summed E-state index contributed by atoms with van der Waals surface area (Å²) in [6.07, 6.45) is 3.47. The largest absolute Gasteiger partial charge is 0.314 e. The monoisotopic (exact) mass is 316 g/mol. The van der Waals surface area contributed by atoms with Gasteiger partial charge in [0.05, 0.1) is 0 Å². The summed E-state index contributed by atoms with van der Waals surface area (Å²) in [5.41, 5.74) is 0. The summed E-state index contributed by atoms with van der Waals surface area (Å²) in [7, 11) is -1.65. The Labute approximate surface area is 126 Å². The topological polar surface area (TPSA) is 49.4 Å². The predicted octanol–water partition coefficient (Wildman–Crippen LogP) is 2.32. The summed E-state index contributed by atoms with van der Waals surface area (Å²) in [6.45, 7) is 5.54. The van der Waals surface area contributed by atoms with Gasteiger partial charge in [0, 0.05) is 31.1 Å². The van der Waals surface area contributed by atoms with Gasteiger partial charge in [-0.05, 0) is 37.3 Å². The van der Waals surface area contributed by atoms with Gasteiger partial charge < -0.3 is 5.32 Å². The molecule has 0 atom stereocenters. The van der Waals surface area contributed by atoms with Crippen LogP contribution in [-0.2, 0) is 16.4 Å². The van der Waals surface area contributed by atoms with Crippen LogP contribution in [-0.4, -0.2) is 38.9 Å². The maximum Gasteiger partial charge on any atom is 0.252 e. The van der Waals surface area contributed by atoms with Crippen LogP contribution in [0.4, 0.5) is 0 Å². The Morgan fingerprint density at radius 3 is 2.70 bits per heavy atom. The number of hydrogen-bond donors (Lipinski definition) is 1. The van der Waals surface area contributed by atoms with Crippen LogP contribution in [0.15, 0.2) is 16.3 Å². The lowest BCUT2D eigenvalue weighted by Gasteiger charge is -2.17. The van der Waals surface area contributed by atoms with Gasteiger partial charge in [-0.15, -0.1) is 11.3 Å². The Kier molecular flexibility index (Phi) is 5.23. The van der Waals surface area contributed by atoms with Crippen LogP contribution in [0.25, 0.3) is 0 Å². The summed E-state index contributed by atoms with van der Waals surface area (Å²) in [4.78, 5) is 1.13. The van der Waals surface area contributed by atoms with E-state index in [0.717, 1.165) is 17.8 Å². The number of nitrogens with zero attached hydrogens (tertiary/aromatic N) is 1. The molecule has 1 aliphatic rings. The number of thiophene rings is 1. The molecule has 2 rings (SSSR count). The van der Waals surface area contributed by atoms with Crippen LogP contribution in [0.3, 0.4) is 0 Å². The summed E-state index contributed by atoms with van der Waals surface area (Å²) >= 11 is 1.40. The second kappa shape index (κ2) is 6.56. The molecule has 1 fully saturated rings. The molecule has 0 aliphatic heterocycles. The first-order valence-corrected chi connectivity index (χ1v) is 9.43. The van der Waals surface area contributed by atoms with Gasteiger partial charge in [-0.3, -0.25) is 0 Å². The van der Waals surface area contributed by atoms with Crippen molar-refractivity contribution in [2.75, 3.05) is 20.1 Å². The fourth-order valence-electron chi connectivity index (χ4n) is 2.08. The highest BCUT2D eigenvalue weighted by atomic mass is 32.2. The summed E-state index contributed by atoms with van der Waals surface area (Å²) in [6, 6.07) is 4.38. The Hall–Kier alpha value is -0.430. The zero-order valence-electron chi connectivity index (χ0n) is 12.4. The smallest absolute Gasteiger partial charge is 0.252 e. The van der Waals surface area contributed by atoms with E-state index >= 15 is 0 Å². The molecule has 1 aromatic heterocycles. The number of nitrogens with one attached hydrogen (secondary N) is 1. The van der Waals surface area contributed by atoms with Crippen LogP contribution in [0.5, 0.6) is 0 Å². The van der Waals surface area contributed by atoms with Crippen LogP contribution >= 0.6 is 11.3 Å².